The zero-order valence-electron chi connectivity index (χ0n) is 18.4. The van der Waals surface area contributed by atoms with Crippen molar-refractivity contribution in [3.8, 4) is 0 Å². The van der Waals surface area contributed by atoms with Gasteiger partial charge in [0.15, 0.2) is 0 Å². The topological polar surface area (TPSA) is 117 Å². The van der Waals surface area contributed by atoms with Gasteiger partial charge >= 0.3 is 12.1 Å². The second-order valence-corrected chi connectivity index (χ2v) is 8.14. The SMILES string of the molecule is CC(C)(C)OC(=O)NC(CCc1ccccc1)C(=O)OCc1ccc(CO[N+](=O)[O-])cc1. The molecule has 0 fully saturated rings. The molecule has 0 saturated carbocycles. The molecule has 32 heavy (non-hydrogen) atoms. The summed E-state index contributed by atoms with van der Waals surface area (Å²) in [5.41, 5.74) is 1.65. The minimum Gasteiger partial charge on any atom is -0.459 e. The van der Waals surface area contributed by atoms with Gasteiger partial charge in [-0.1, -0.05) is 54.6 Å². The third kappa shape index (κ3) is 9.46. The quantitative estimate of drug-likeness (QED) is 0.335. The highest BCUT2D eigenvalue weighted by Gasteiger charge is 2.25. The molecule has 0 saturated heterocycles. The van der Waals surface area contributed by atoms with Gasteiger partial charge in [0, 0.05) is 0 Å². The number of esters is 1. The third-order valence-electron chi connectivity index (χ3n) is 4.28. The molecule has 1 atom stereocenters. The van der Waals surface area contributed by atoms with Crippen LogP contribution >= 0.6 is 0 Å². The Balaban J connectivity index is 1.96. The Hall–Kier alpha value is -3.62. The van der Waals surface area contributed by atoms with E-state index >= 15 is 0 Å². The van der Waals surface area contributed by atoms with Crippen molar-refractivity contribution >= 4 is 12.1 Å². The van der Waals surface area contributed by atoms with Gasteiger partial charge in [0.2, 0.25) is 0 Å². The molecule has 9 nitrogen and oxygen atoms in total. The number of aryl methyl sites for hydroxylation is 1. The summed E-state index contributed by atoms with van der Waals surface area (Å²) in [5, 5.41) is 12.0. The van der Waals surface area contributed by atoms with Gasteiger partial charge in [-0.2, -0.15) is 0 Å². The van der Waals surface area contributed by atoms with Gasteiger partial charge < -0.3 is 19.6 Å². The molecule has 2 aromatic carbocycles. The Morgan fingerprint density at radius 1 is 0.969 bits per heavy atom. The van der Waals surface area contributed by atoms with Crippen LogP contribution in [0.4, 0.5) is 4.79 Å². The summed E-state index contributed by atoms with van der Waals surface area (Å²) in [5.74, 6) is -0.576. The van der Waals surface area contributed by atoms with Crippen molar-refractivity contribution in [2.45, 2.75) is 58.5 Å². The number of carbonyl (C=O) groups excluding carboxylic acids is 2. The second-order valence-electron chi connectivity index (χ2n) is 8.14. The molecule has 9 heteroatoms. The number of benzene rings is 2. The maximum absolute atomic E-state index is 12.7. The average molecular weight is 444 g/mol. The molecule has 2 aromatic rings. The standard InChI is InChI=1S/C23H28N2O7/c1-23(2,3)32-22(27)24-20(14-13-17-7-5-4-6-8-17)21(26)30-15-18-9-11-19(12-10-18)16-31-25(28)29/h4-12,20H,13-16H2,1-3H3,(H,24,27). The number of nitrogens with one attached hydrogen (secondary N) is 1. The fraction of sp³-hybridized carbons (Fsp3) is 0.391. The highest BCUT2D eigenvalue weighted by Crippen LogP contribution is 2.12. The molecule has 1 amide bonds. The molecular formula is C23H28N2O7. The molecule has 2 rings (SSSR count). The van der Waals surface area contributed by atoms with Crippen LogP contribution < -0.4 is 5.32 Å². The van der Waals surface area contributed by atoms with E-state index in [1.807, 2.05) is 30.3 Å². The first-order valence-electron chi connectivity index (χ1n) is 10.2. The predicted molar refractivity (Wildman–Crippen MR) is 116 cm³/mol. The Labute approximate surface area is 186 Å². The second kappa shape index (κ2) is 11.7. The molecule has 0 aliphatic heterocycles. The maximum atomic E-state index is 12.7. The van der Waals surface area contributed by atoms with Crippen molar-refractivity contribution in [3.63, 3.8) is 0 Å². The molecule has 0 spiro atoms. The zero-order valence-corrected chi connectivity index (χ0v) is 18.4. The molecule has 1 N–H and O–H groups in total. The first kappa shape index (κ1) is 24.6. The Morgan fingerprint density at radius 3 is 2.12 bits per heavy atom. The van der Waals surface area contributed by atoms with Gasteiger partial charge in [0.1, 0.15) is 24.9 Å². The number of alkyl carbamates (subject to hydrolysis) is 1. The minimum absolute atomic E-state index is 0.00690. The molecule has 0 aromatic heterocycles. The Morgan fingerprint density at radius 2 is 1.56 bits per heavy atom. The van der Waals surface area contributed by atoms with Gasteiger partial charge in [0.05, 0.1) is 0 Å². The lowest BCUT2D eigenvalue weighted by Crippen LogP contribution is -2.44. The molecule has 0 bridgehead atoms. The summed E-state index contributed by atoms with van der Waals surface area (Å²) in [6, 6.07) is 15.4. The molecule has 0 aliphatic carbocycles. The molecule has 0 radical (unpaired) electrons. The summed E-state index contributed by atoms with van der Waals surface area (Å²) < 4.78 is 10.7. The van der Waals surface area contributed by atoms with Gasteiger partial charge in [-0.15, -0.1) is 10.1 Å². The highest BCUT2D eigenvalue weighted by molar-refractivity contribution is 5.81. The lowest BCUT2D eigenvalue weighted by Gasteiger charge is -2.23. The van der Waals surface area contributed by atoms with Gasteiger partial charge in [-0.05, 0) is 50.3 Å². The van der Waals surface area contributed by atoms with Crippen LogP contribution in [0.5, 0.6) is 0 Å². The number of rotatable bonds is 10. The maximum Gasteiger partial charge on any atom is 0.408 e. The predicted octanol–water partition coefficient (Wildman–Crippen LogP) is 3.96. The molecule has 0 aliphatic rings. The number of hydrogen-bond acceptors (Lipinski definition) is 7. The van der Waals surface area contributed by atoms with Crippen LogP contribution in [-0.2, 0) is 38.7 Å². The fourth-order valence-corrected chi connectivity index (χ4v) is 2.77. The van der Waals surface area contributed by atoms with Crippen LogP contribution in [0.25, 0.3) is 0 Å². The first-order valence-corrected chi connectivity index (χ1v) is 10.2. The van der Waals surface area contributed by atoms with Crippen LogP contribution in [0.2, 0.25) is 0 Å². The molecular weight excluding hydrogens is 416 g/mol. The van der Waals surface area contributed by atoms with E-state index in [9.17, 15) is 19.7 Å². The van der Waals surface area contributed by atoms with Crippen molar-refractivity contribution in [3.05, 3.63) is 81.4 Å². The van der Waals surface area contributed by atoms with E-state index < -0.39 is 28.8 Å². The van der Waals surface area contributed by atoms with E-state index in [4.69, 9.17) is 9.47 Å². The number of carbonyl (C=O) groups is 2. The monoisotopic (exact) mass is 444 g/mol. The summed E-state index contributed by atoms with van der Waals surface area (Å²) in [6.45, 7) is 5.06. The minimum atomic E-state index is -0.877. The van der Waals surface area contributed by atoms with E-state index in [-0.39, 0.29) is 13.2 Å². The zero-order chi connectivity index (χ0) is 23.6. The number of hydrogen-bond donors (Lipinski definition) is 1. The Kier molecular flexibility index (Phi) is 9.00. The van der Waals surface area contributed by atoms with E-state index in [0.29, 0.717) is 24.0 Å². The third-order valence-corrected chi connectivity index (χ3v) is 4.28. The highest BCUT2D eigenvalue weighted by atomic mass is 16.9. The first-order chi connectivity index (χ1) is 15.1. The average Bonchev–Trinajstić information content (AvgIpc) is 2.73. The van der Waals surface area contributed by atoms with Gasteiger partial charge in [-0.25, -0.2) is 9.59 Å². The summed E-state index contributed by atoms with van der Waals surface area (Å²) in [6.07, 6.45) is 0.225. The van der Waals surface area contributed by atoms with E-state index in [1.54, 1.807) is 45.0 Å². The summed E-state index contributed by atoms with van der Waals surface area (Å²) in [4.78, 5) is 39.5. The van der Waals surface area contributed by atoms with Crippen LogP contribution in [-0.4, -0.2) is 28.8 Å². The fourth-order valence-electron chi connectivity index (χ4n) is 2.77. The van der Waals surface area contributed by atoms with E-state index in [2.05, 4.69) is 10.2 Å². The smallest absolute Gasteiger partial charge is 0.408 e. The molecule has 0 heterocycles. The van der Waals surface area contributed by atoms with Crippen LogP contribution in [0.1, 0.15) is 43.9 Å². The van der Waals surface area contributed by atoms with Crippen molar-refractivity contribution in [1.82, 2.24) is 5.32 Å². The molecule has 1 unspecified atom stereocenters. The van der Waals surface area contributed by atoms with Crippen LogP contribution in [0, 0.1) is 10.1 Å². The molecule has 172 valence electrons. The van der Waals surface area contributed by atoms with E-state index in [0.717, 1.165) is 5.56 Å². The van der Waals surface area contributed by atoms with Gasteiger partial charge in [-0.3, -0.25) is 0 Å². The number of ether oxygens (including phenoxy) is 2. The van der Waals surface area contributed by atoms with Crippen LogP contribution in [0.15, 0.2) is 54.6 Å². The lowest BCUT2D eigenvalue weighted by molar-refractivity contribution is -0.763. The normalized spacial score (nSPS) is 11.8. The van der Waals surface area contributed by atoms with Crippen molar-refractivity contribution < 1.29 is 29.0 Å². The van der Waals surface area contributed by atoms with Gasteiger partial charge in [0.25, 0.3) is 5.09 Å². The summed E-state index contributed by atoms with van der Waals surface area (Å²) >= 11 is 0. The number of nitrogens with zero attached hydrogens (tertiary/aromatic N) is 1. The van der Waals surface area contributed by atoms with Crippen molar-refractivity contribution in [2.75, 3.05) is 0 Å². The van der Waals surface area contributed by atoms with Crippen molar-refractivity contribution in [1.29, 1.82) is 0 Å². The van der Waals surface area contributed by atoms with Crippen molar-refractivity contribution in [2.24, 2.45) is 0 Å². The largest absolute Gasteiger partial charge is 0.459 e. The van der Waals surface area contributed by atoms with Crippen LogP contribution in [0.3, 0.4) is 0 Å². The summed E-state index contributed by atoms with van der Waals surface area (Å²) in [7, 11) is 0. The Bertz CT molecular complexity index is 893. The van der Waals surface area contributed by atoms with E-state index in [1.165, 1.54) is 0 Å². The lowest BCUT2D eigenvalue weighted by atomic mass is 10.1. The number of amides is 1.